The molecule has 1 atom stereocenters. The predicted molar refractivity (Wildman–Crippen MR) is 130 cm³/mol. The summed E-state index contributed by atoms with van der Waals surface area (Å²) in [6.45, 7) is 10.5. The molecule has 3 fully saturated rings. The highest BCUT2D eigenvalue weighted by Gasteiger charge is 2.48. The molecule has 8 heteroatoms. The van der Waals surface area contributed by atoms with E-state index in [4.69, 9.17) is 4.42 Å². The maximum absolute atomic E-state index is 13.2. The Hall–Kier alpha value is -2.19. The van der Waals surface area contributed by atoms with Crippen LogP contribution in [-0.2, 0) is 18.4 Å². The molecule has 1 amide bonds. The molecule has 186 valence electrons. The summed E-state index contributed by atoms with van der Waals surface area (Å²) >= 11 is 0. The number of nitrogens with zero attached hydrogens (tertiary/aromatic N) is 6. The van der Waals surface area contributed by atoms with Gasteiger partial charge >= 0.3 is 0 Å². The summed E-state index contributed by atoms with van der Waals surface area (Å²) in [7, 11) is 2.12. The highest BCUT2D eigenvalue weighted by atomic mass is 16.4. The van der Waals surface area contributed by atoms with Crippen LogP contribution in [0.3, 0.4) is 0 Å². The summed E-state index contributed by atoms with van der Waals surface area (Å²) in [5.74, 6) is 1.85. The summed E-state index contributed by atoms with van der Waals surface area (Å²) in [4.78, 5) is 20.2. The monoisotopic (exact) mass is 468 g/mol. The standard InChI is InChI=1S/C26H40N6O2/c1-20(2)24-27-28-25(34-24)22-16-26(19-32(22)18-23(33)31-12-5-4-6-13-31)9-14-30(15-10-26)17-21-8-7-11-29(21)3/h7-8,11,20,22H,4-6,9-10,12-19H2,1-3H3. The summed E-state index contributed by atoms with van der Waals surface area (Å²) in [5.41, 5.74) is 1.57. The molecule has 2 aromatic rings. The third-order valence-electron chi connectivity index (χ3n) is 8.24. The Labute approximate surface area is 203 Å². The second-order valence-electron chi connectivity index (χ2n) is 11.1. The molecule has 34 heavy (non-hydrogen) atoms. The topological polar surface area (TPSA) is 70.6 Å². The Balaban J connectivity index is 1.29. The van der Waals surface area contributed by atoms with Gasteiger partial charge in [-0.2, -0.15) is 0 Å². The normalized spacial score (nSPS) is 23.9. The molecule has 5 rings (SSSR count). The van der Waals surface area contributed by atoms with E-state index in [9.17, 15) is 4.79 Å². The number of hydrogen-bond acceptors (Lipinski definition) is 6. The molecule has 0 saturated carbocycles. The van der Waals surface area contributed by atoms with Crippen molar-refractivity contribution in [2.24, 2.45) is 12.5 Å². The minimum atomic E-state index is 0.0353. The molecule has 5 heterocycles. The minimum absolute atomic E-state index is 0.0353. The number of piperidine rings is 2. The number of amides is 1. The van der Waals surface area contributed by atoms with Gasteiger partial charge in [0.1, 0.15) is 0 Å². The van der Waals surface area contributed by atoms with E-state index in [2.05, 4.69) is 68.7 Å². The van der Waals surface area contributed by atoms with Gasteiger partial charge < -0.3 is 13.9 Å². The third-order valence-corrected chi connectivity index (χ3v) is 8.24. The molecule has 0 bridgehead atoms. The number of aryl methyl sites for hydroxylation is 1. The summed E-state index contributed by atoms with van der Waals surface area (Å²) in [6.07, 6.45) is 8.89. The zero-order chi connectivity index (χ0) is 23.7. The second kappa shape index (κ2) is 9.82. The van der Waals surface area contributed by atoms with Crippen LogP contribution < -0.4 is 0 Å². The number of carbonyl (C=O) groups excluding carboxylic acids is 1. The molecule has 0 aliphatic carbocycles. The summed E-state index contributed by atoms with van der Waals surface area (Å²) in [6, 6.07) is 4.37. The predicted octanol–water partition coefficient (Wildman–Crippen LogP) is 3.57. The van der Waals surface area contributed by atoms with Gasteiger partial charge in [-0.3, -0.25) is 14.6 Å². The Bertz CT molecular complexity index is 968. The first-order chi connectivity index (χ1) is 16.4. The molecule has 2 aromatic heterocycles. The van der Waals surface area contributed by atoms with E-state index in [1.807, 2.05) is 0 Å². The Morgan fingerprint density at radius 2 is 1.91 bits per heavy atom. The van der Waals surface area contributed by atoms with Gasteiger partial charge in [0.25, 0.3) is 0 Å². The smallest absolute Gasteiger partial charge is 0.236 e. The van der Waals surface area contributed by atoms with Crippen molar-refractivity contribution in [1.29, 1.82) is 0 Å². The first-order valence-electron chi connectivity index (χ1n) is 13.1. The number of rotatable bonds is 6. The average Bonchev–Trinajstić information content (AvgIpc) is 3.56. The van der Waals surface area contributed by atoms with Crippen molar-refractivity contribution in [3.05, 3.63) is 35.8 Å². The van der Waals surface area contributed by atoms with Crippen molar-refractivity contribution in [2.75, 3.05) is 39.3 Å². The number of carbonyl (C=O) groups is 1. The molecule has 1 unspecified atom stereocenters. The number of aromatic nitrogens is 3. The molecule has 3 saturated heterocycles. The molecule has 0 N–H and O–H groups in total. The van der Waals surface area contributed by atoms with E-state index < -0.39 is 0 Å². The Morgan fingerprint density at radius 3 is 2.56 bits per heavy atom. The van der Waals surface area contributed by atoms with E-state index in [1.54, 1.807) is 0 Å². The van der Waals surface area contributed by atoms with E-state index in [0.29, 0.717) is 18.3 Å². The van der Waals surface area contributed by atoms with Crippen LogP contribution in [0.2, 0.25) is 0 Å². The van der Waals surface area contributed by atoms with Crippen LogP contribution in [0.15, 0.2) is 22.7 Å². The SMILES string of the molecule is CC(C)c1nnc(C2CC3(CCN(Cc4cccn4C)CC3)CN2CC(=O)N2CCCCC2)o1. The maximum atomic E-state index is 13.2. The van der Waals surface area contributed by atoms with Gasteiger partial charge in [-0.15, -0.1) is 10.2 Å². The van der Waals surface area contributed by atoms with Gasteiger partial charge in [0.2, 0.25) is 17.7 Å². The maximum Gasteiger partial charge on any atom is 0.236 e. The molecule has 8 nitrogen and oxygen atoms in total. The largest absolute Gasteiger partial charge is 0.423 e. The lowest BCUT2D eigenvalue weighted by atomic mass is 9.76. The number of likely N-dealkylation sites (tertiary alicyclic amines) is 3. The van der Waals surface area contributed by atoms with Gasteiger partial charge in [-0.05, 0) is 69.2 Å². The van der Waals surface area contributed by atoms with Gasteiger partial charge in [0.15, 0.2) is 0 Å². The molecular formula is C26H40N6O2. The van der Waals surface area contributed by atoms with E-state index >= 15 is 0 Å². The van der Waals surface area contributed by atoms with Crippen LogP contribution >= 0.6 is 0 Å². The fourth-order valence-electron chi connectivity index (χ4n) is 6.02. The fourth-order valence-corrected chi connectivity index (χ4v) is 6.02. The highest BCUT2D eigenvalue weighted by Crippen LogP contribution is 2.49. The first kappa shape index (κ1) is 23.5. The molecule has 3 aliphatic rings. The van der Waals surface area contributed by atoms with Crippen molar-refractivity contribution in [3.63, 3.8) is 0 Å². The highest BCUT2D eigenvalue weighted by molar-refractivity contribution is 5.78. The van der Waals surface area contributed by atoms with Crippen LogP contribution in [0.5, 0.6) is 0 Å². The van der Waals surface area contributed by atoms with E-state index in [0.717, 1.165) is 71.4 Å². The van der Waals surface area contributed by atoms with Crippen molar-refractivity contribution in [3.8, 4) is 0 Å². The van der Waals surface area contributed by atoms with Crippen LogP contribution in [0.25, 0.3) is 0 Å². The van der Waals surface area contributed by atoms with Gasteiger partial charge in [-0.1, -0.05) is 13.8 Å². The van der Waals surface area contributed by atoms with Gasteiger partial charge in [0, 0.05) is 51.0 Å². The van der Waals surface area contributed by atoms with Crippen LogP contribution in [-0.4, -0.2) is 74.6 Å². The molecular weight excluding hydrogens is 428 g/mol. The zero-order valence-electron chi connectivity index (χ0n) is 21.1. The van der Waals surface area contributed by atoms with Gasteiger partial charge in [-0.25, -0.2) is 0 Å². The molecule has 0 aromatic carbocycles. The molecule has 1 spiro atoms. The zero-order valence-corrected chi connectivity index (χ0v) is 21.1. The lowest BCUT2D eigenvalue weighted by Crippen LogP contribution is -2.44. The molecule has 3 aliphatic heterocycles. The third kappa shape index (κ3) is 4.93. The Morgan fingerprint density at radius 1 is 1.15 bits per heavy atom. The Kier molecular flexibility index (Phi) is 6.80. The van der Waals surface area contributed by atoms with Crippen molar-refractivity contribution in [2.45, 2.75) is 70.9 Å². The van der Waals surface area contributed by atoms with E-state index in [-0.39, 0.29) is 23.3 Å². The lowest BCUT2D eigenvalue weighted by Gasteiger charge is -2.39. The quantitative estimate of drug-likeness (QED) is 0.646. The minimum Gasteiger partial charge on any atom is -0.423 e. The summed E-state index contributed by atoms with van der Waals surface area (Å²) in [5, 5.41) is 8.76. The van der Waals surface area contributed by atoms with Crippen LogP contribution in [0, 0.1) is 5.41 Å². The summed E-state index contributed by atoms with van der Waals surface area (Å²) < 4.78 is 8.34. The average molecular weight is 469 g/mol. The van der Waals surface area contributed by atoms with Crippen molar-refractivity contribution >= 4 is 5.91 Å². The second-order valence-corrected chi connectivity index (χ2v) is 11.1. The fraction of sp³-hybridized carbons (Fsp3) is 0.731. The van der Waals surface area contributed by atoms with Crippen LogP contribution in [0.4, 0.5) is 0 Å². The van der Waals surface area contributed by atoms with Gasteiger partial charge in [0.05, 0.1) is 12.6 Å². The molecule has 0 radical (unpaired) electrons. The van der Waals surface area contributed by atoms with Crippen molar-refractivity contribution < 1.29 is 9.21 Å². The lowest BCUT2D eigenvalue weighted by molar-refractivity contribution is -0.133. The van der Waals surface area contributed by atoms with Crippen molar-refractivity contribution in [1.82, 2.24) is 29.5 Å². The number of hydrogen-bond donors (Lipinski definition) is 0. The van der Waals surface area contributed by atoms with E-state index in [1.165, 1.54) is 12.1 Å². The van der Waals surface area contributed by atoms with Crippen LogP contribution in [0.1, 0.15) is 81.8 Å². The first-order valence-corrected chi connectivity index (χ1v) is 13.1.